The lowest BCUT2D eigenvalue weighted by atomic mass is 10.00. The number of benzene rings is 1. The largest absolute Gasteiger partial charge is 0.416 e. The summed E-state index contributed by atoms with van der Waals surface area (Å²) in [6.45, 7) is 9.47. The van der Waals surface area contributed by atoms with E-state index < -0.39 is 11.7 Å². The summed E-state index contributed by atoms with van der Waals surface area (Å²) in [5, 5.41) is 12.2. The lowest BCUT2D eigenvalue weighted by Crippen LogP contribution is -2.33. The molecule has 0 fully saturated rings. The summed E-state index contributed by atoms with van der Waals surface area (Å²) in [5.74, 6) is 0.199. The third-order valence-corrected chi connectivity index (χ3v) is 6.82. The molecular formula is C25H28F3N3OS. The predicted molar refractivity (Wildman–Crippen MR) is 130 cm³/mol. The van der Waals surface area contributed by atoms with Crippen molar-refractivity contribution < 1.29 is 13.2 Å². The smallest absolute Gasteiger partial charge is 0.366 e. The summed E-state index contributed by atoms with van der Waals surface area (Å²) in [5.41, 5.74) is 0.181. The van der Waals surface area contributed by atoms with E-state index in [0.717, 1.165) is 18.9 Å². The Morgan fingerprint density at radius 2 is 2.03 bits per heavy atom. The lowest BCUT2D eigenvalue weighted by Gasteiger charge is -2.17. The van der Waals surface area contributed by atoms with Gasteiger partial charge in [0.05, 0.1) is 15.8 Å². The van der Waals surface area contributed by atoms with Crippen LogP contribution < -0.4 is 10.9 Å². The predicted octanol–water partition coefficient (Wildman–Crippen LogP) is 6.74. The first-order valence-corrected chi connectivity index (χ1v) is 11.7. The maximum atomic E-state index is 13.5. The molecule has 0 aliphatic carbocycles. The molecule has 2 aromatic heterocycles. The first-order chi connectivity index (χ1) is 15.6. The van der Waals surface area contributed by atoms with Crippen molar-refractivity contribution in [3.05, 3.63) is 69.5 Å². The second kappa shape index (κ2) is 9.95. The molecule has 1 unspecified atom stereocenters. The maximum absolute atomic E-state index is 13.5. The molecule has 0 aliphatic heterocycles. The number of nitrogens with one attached hydrogen (secondary N) is 2. The summed E-state index contributed by atoms with van der Waals surface area (Å²) in [4.78, 5) is 13.5. The Bertz CT molecular complexity index is 1240. The average Bonchev–Trinajstić information content (AvgIpc) is 3.20. The monoisotopic (exact) mass is 475 g/mol. The van der Waals surface area contributed by atoms with Crippen LogP contribution in [0, 0.1) is 12.3 Å². The van der Waals surface area contributed by atoms with Gasteiger partial charge in [0.2, 0.25) is 0 Å². The summed E-state index contributed by atoms with van der Waals surface area (Å²) >= 11 is 1.25. The van der Waals surface area contributed by atoms with Crippen LogP contribution in [0.3, 0.4) is 0 Å². The molecule has 0 amide bonds. The third kappa shape index (κ3) is 5.21. The van der Waals surface area contributed by atoms with Crippen LogP contribution in [-0.2, 0) is 12.7 Å². The van der Waals surface area contributed by atoms with Crippen LogP contribution in [0.25, 0.3) is 21.2 Å². The molecule has 0 bridgehead atoms. The van der Waals surface area contributed by atoms with Crippen LogP contribution in [0.15, 0.2) is 47.9 Å². The first kappa shape index (κ1) is 24.8. The minimum Gasteiger partial charge on any atom is -0.366 e. The summed E-state index contributed by atoms with van der Waals surface area (Å²) in [7, 11) is 0. The van der Waals surface area contributed by atoms with Gasteiger partial charge in [-0.3, -0.25) is 10.2 Å². The molecule has 2 heterocycles. The standard InChI is InChI=1S/C25H28F3N3OS/c1-5-8-17(9-6-2)30-23(29)21-13-18-22(33-21)19(14-31(7-3)24(18)32)16-11-10-15(4)20(12-16)25(26,27)28/h5,10-14,17H,1,6-9H2,2-4H3,(H2,29,30). The minimum atomic E-state index is -4.47. The van der Waals surface area contributed by atoms with Gasteiger partial charge in [-0.05, 0) is 49.9 Å². The summed E-state index contributed by atoms with van der Waals surface area (Å²) < 4.78 is 42.7. The van der Waals surface area contributed by atoms with E-state index in [2.05, 4.69) is 18.8 Å². The van der Waals surface area contributed by atoms with Crippen molar-refractivity contribution in [1.82, 2.24) is 9.88 Å². The SMILES string of the molecule is C=CCC(CCC)NC(=N)c1cc2c(=O)n(CC)cc(-c3ccc(C)c(C(F)(F)F)c3)c2s1. The second-order valence-corrected chi connectivity index (χ2v) is 9.10. The van der Waals surface area contributed by atoms with Gasteiger partial charge in [-0.15, -0.1) is 17.9 Å². The molecule has 1 aromatic carbocycles. The quantitative estimate of drug-likeness (QED) is 0.215. The lowest BCUT2D eigenvalue weighted by molar-refractivity contribution is -0.138. The van der Waals surface area contributed by atoms with E-state index in [1.807, 2.05) is 6.92 Å². The second-order valence-electron chi connectivity index (χ2n) is 8.04. The maximum Gasteiger partial charge on any atom is 0.416 e. The van der Waals surface area contributed by atoms with E-state index in [4.69, 9.17) is 5.41 Å². The number of alkyl halides is 3. The zero-order valence-electron chi connectivity index (χ0n) is 19.0. The van der Waals surface area contributed by atoms with Crippen LogP contribution in [-0.4, -0.2) is 16.4 Å². The Kier molecular flexibility index (Phi) is 7.47. The molecule has 176 valence electrons. The highest BCUT2D eigenvalue weighted by Crippen LogP contribution is 2.38. The van der Waals surface area contributed by atoms with E-state index >= 15 is 0 Å². The number of halogens is 3. The van der Waals surface area contributed by atoms with Gasteiger partial charge >= 0.3 is 6.18 Å². The van der Waals surface area contributed by atoms with Crippen molar-refractivity contribution in [2.75, 3.05) is 0 Å². The van der Waals surface area contributed by atoms with Crippen LogP contribution in [0.2, 0.25) is 0 Å². The van der Waals surface area contributed by atoms with Crippen molar-refractivity contribution in [3.63, 3.8) is 0 Å². The molecule has 0 aliphatic rings. The van der Waals surface area contributed by atoms with Crippen molar-refractivity contribution >= 4 is 27.3 Å². The Hall–Kier alpha value is -2.87. The molecule has 33 heavy (non-hydrogen) atoms. The average molecular weight is 476 g/mol. The fourth-order valence-corrected chi connectivity index (χ4v) is 5.00. The number of pyridine rings is 1. The molecule has 0 spiro atoms. The number of nitrogens with zero attached hydrogens (tertiary/aromatic N) is 1. The third-order valence-electron chi connectivity index (χ3n) is 5.63. The normalized spacial score (nSPS) is 12.7. The van der Waals surface area contributed by atoms with Gasteiger partial charge in [0.1, 0.15) is 5.84 Å². The van der Waals surface area contributed by atoms with Gasteiger partial charge in [0.25, 0.3) is 5.56 Å². The molecule has 0 saturated heterocycles. The highest BCUT2D eigenvalue weighted by atomic mass is 32.1. The molecule has 0 radical (unpaired) electrons. The van der Waals surface area contributed by atoms with Gasteiger partial charge in [0.15, 0.2) is 0 Å². The highest BCUT2D eigenvalue weighted by Gasteiger charge is 2.32. The van der Waals surface area contributed by atoms with E-state index in [9.17, 15) is 18.0 Å². The van der Waals surface area contributed by atoms with Crippen LogP contribution in [0.5, 0.6) is 0 Å². The molecule has 2 N–H and O–H groups in total. The van der Waals surface area contributed by atoms with E-state index in [-0.39, 0.29) is 23.0 Å². The van der Waals surface area contributed by atoms with Crippen LogP contribution in [0.4, 0.5) is 13.2 Å². The summed E-state index contributed by atoms with van der Waals surface area (Å²) in [6.07, 6.45) is 1.48. The molecule has 8 heteroatoms. The Balaban J connectivity index is 2.15. The Labute approximate surface area is 195 Å². The van der Waals surface area contributed by atoms with Gasteiger partial charge in [-0.25, -0.2) is 0 Å². The van der Waals surface area contributed by atoms with E-state index in [0.29, 0.717) is 39.1 Å². The van der Waals surface area contributed by atoms with E-state index in [1.54, 1.807) is 24.4 Å². The van der Waals surface area contributed by atoms with Crippen molar-refractivity contribution in [2.45, 2.75) is 58.8 Å². The van der Waals surface area contributed by atoms with Crippen LogP contribution in [0.1, 0.15) is 49.1 Å². The van der Waals surface area contributed by atoms with Gasteiger partial charge in [-0.1, -0.05) is 31.6 Å². The van der Waals surface area contributed by atoms with Crippen molar-refractivity contribution in [3.8, 4) is 11.1 Å². The number of amidine groups is 1. The molecule has 4 nitrogen and oxygen atoms in total. The Morgan fingerprint density at radius 1 is 1.30 bits per heavy atom. The topological polar surface area (TPSA) is 57.9 Å². The number of hydrogen-bond acceptors (Lipinski definition) is 3. The zero-order valence-corrected chi connectivity index (χ0v) is 19.8. The number of aryl methyl sites for hydroxylation is 2. The fourth-order valence-electron chi connectivity index (χ4n) is 3.91. The number of hydrogen-bond donors (Lipinski definition) is 2. The van der Waals surface area contributed by atoms with E-state index in [1.165, 1.54) is 28.9 Å². The number of thiophene rings is 1. The van der Waals surface area contributed by atoms with Crippen molar-refractivity contribution in [2.24, 2.45) is 0 Å². The zero-order chi connectivity index (χ0) is 24.3. The molecule has 3 aromatic rings. The number of fused-ring (bicyclic) bond motifs is 1. The van der Waals surface area contributed by atoms with Crippen molar-refractivity contribution in [1.29, 1.82) is 5.41 Å². The molecular weight excluding hydrogens is 447 g/mol. The van der Waals surface area contributed by atoms with Gasteiger partial charge in [0, 0.05) is 29.0 Å². The number of rotatable bonds is 8. The molecule has 1 atom stereocenters. The van der Waals surface area contributed by atoms with Gasteiger partial charge < -0.3 is 9.88 Å². The fraction of sp³-hybridized carbons (Fsp3) is 0.360. The summed E-state index contributed by atoms with van der Waals surface area (Å²) in [6, 6.07) is 5.97. The molecule has 0 saturated carbocycles. The minimum absolute atomic E-state index is 0.0587. The van der Waals surface area contributed by atoms with Gasteiger partial charge in [-0.2, -0.15) is 13.2 Å². The Morgan fingerprint density at radius 3 is 2.64 bits per heavy atom. The van der Waals surface area contributed by atoms with Crippen LogP contribution >= 0.6 is 11.3 Å². The highest BCUT2D eigenvalue weighted by molar-refractivity contribution is 7.21. The number of aromatic nitrogens is 1. The molecule has 3 rings (SSSR count). The first-order valence-electron chi connectivity index (χ1n) is 10.9.